The van der Waals surface area contributed by atoms with Crippen molar-refractivity contribution in [1.82, 2.24) is 34.9 Å². The molecule has 6 rings (SSSR count). The predicted molar refractivity (Wildman–Crippen MR) is 146 cm³/mol. The molecule has 0 aliphatic carbocycles. The number of hydrogen-bond acceptors (Lipinski definition) is 8. The summed E-state index contributed by atoms with van der Waals surface area (Å²) in [6.45, 7) is 2.57. The van der Waals surface area contributed by atoms with E-state index in [1.54, 1.807) is 29.9 Å². The minimum Gasteiger partial charge on any atom is -0.340 e. The van der Waals surface area contributed by atoms with Gasteiger partial charge < -0.3 is 15.5 Å². The Balaban J connectivity index is 1.25. The SMILES string of the molecule is CNC/C=C/C(=O)N1CCc2c(sc3ncnc(Nc4ccc5c(cnn5Cc5ccccn5)c4)c23)C1. The van der Waals surface area contributed by atoms with Crippen LogP contribution in [-0.2, 0) is 24.3 Å². The Morgan fingerprint density at radius 2 is 2.14 bits per heavy atom. The number of thiophene rings is 1. The molecule has 0 atom stereocenters. The summed E-state index contributed by atoms with van der Waals surface area (Å²) >= 11 is 1.64. The molecule has 0 spiro atoms. The van der Waals surface area contributed by atoms with Crippen molar-refractivity contribution >= 4 is 49.9 Å². The standard InChI is InChI=1S/C27H26N8OS/c1-28-10-4-6-24(36)34-12-9-21-23(16-34)37-27-25(21)26(30-17-31-27)33-19-7-8-22-18(13-19)14-32-35(22)15-20-5-2-3-11-29-20/h2-8,11,13-14,17,28H,9-10,12,15-16H2,1H3,(H,30,31,33)/b6-4+. The minimum absolute atomic E-state index is 0.0414. The van der Waals surface area contributed by atoms with Crippen molar-refractivity contribution in [2.75, 3.05) is 25.5 Å². The van der Waals surface area contributed by atoms with Crippen LogP contribution in [0.15, 0.2) is 67.3 Å². The van der Waals surface area contributed by atoms with Gasteiger partial charge in [-0.25, -0.2) is 9.97 Å². The third-order valence-corrected chi connectivity index (χ3v) is 7.60. The van der Waals surface area contributed by atoms with Crippen molar-refractivity contribution in [3.8, 4) is 0 Å². The first-order chi connectivity index (χ1) is 18.2. The lowest BCUT2D eigenvalue weighted by atomic mass is 10.0. The van der Waals surface area contributed by atoms with Gasteiger partial charge >= 0.3 is 0 Å². The largest absolute Gasteiger partial charge is 0.340 e. The molecule has 1 aliphatic heterocycles. The van der Waals surface area contributed by atoms with Crippen LogP contribution in [0, 0.1) is 0 Å². The van der Waals surface area contributed by atoms with E-state index in [0.29, 0.717) is 26.2 Å². The maximum Gasteiger partial charge on any atom is 0.246 e. The van der Waals surface area contributed by atoms with Crippen LogP contribution in [0.2, 0.25) is 0 Å². The second-order valence-electron chi connectivity index (χ2n) is 8.90. The number of fused-ring (bicyclic) bond motifs is 4. The van der Waals surface area contributed by atoms with Crippen LogP contribution in [-0.4, -0.2) is 55.7 Å². The van der Waals surface area contributed by atoms with Crippen LogP contribution in [0.5, 0.6) is 0 Å². The molecule has 186 valence electrons. The first-order valence-corrected chi connectivity index (χ1v) is 13.0. The second kappa shape index (κ2) is 10.1. The highest BCUT2D eigenvalue weighted by atomic mass is 32.1. The van der Waals surface area contributed by atoms with Gasteiger partial charge in [0, 0.05) is 41.3 Å². The maximum atomic E-state index is 12.6. The fourth-order valence-electron chi connectivity index (χ4n) is 4.67. The summed E-state index contributed by atoms with van der Waals surface area (Å²) < 4.78 is 1.96. The van der Waals surface area contributed by atoms with Gasteiger partial charge in [0.2, 0.25) is 5.91 Å². The van der Waals surface area contributed by atoms with E-state index >= 15 is 0 Å². The van der Waals surface area contributed by atoms with Gasteiger partial charge in [-0.1, -0.05) is 12.1 Å². The first-order valence-electron chi connectivity index (χ1n) is 12.2. The van der Waals surface area contributed by atoms with Crippen LogP contribution >= 0.6 is 11.3 Å². The van der Waals surface area contributed by atoms with E-state index in [1.165, 1.54) is 10.4 Å². The van der Waals surface area contributed by atoms with Gasteiger partial charge in [-0.3, -0.25) is 14.5 Å². The van der Waals surface area contributed by atoms with Crippen LogP contribution in [0.3, 0.4) is 0 Å². The van der Waals surface area contributed by atoms with Gasteiger partial charge in [-0.05, 0) is 49.4 Å². The van der Waals surface area contributed by atoms with Crippen molar-refractivity contribution in [3.63, 3.8) is 0 Å². The van der Waals surface area contributed by atoms with Crippen LogP contribution in [0.1, 0.15) is 16.1 Å². The molecule has 1 amide bonds. The van der Waals surface area contributed by atoms with Crippen LogP contribution in [0.4, 0.5) is 11.5 Å². The highest BCUT2D eigenvalue weighted by Crippen LogP contribution is 2.38. The summed E-state index contributed by atoms with van der Waals surface area (Å²) in [6.07, 6.45) is 9.56. The van der Waals surface area contributed by atoms with E-state index in [2.05, 4.69) is 42.8 Å². The van der Waals surface area contributed by atoms with E-state index in [1.807, 2.05) is 53.2 Å². The average Bonchev–Trinajstić information content (AvgIpc) is 3.50. The molecule has 0 saturated heterocycles. The molecule has 0 radical (unpaired) electrons. The molecule has 4 aromatic heterocycles. The van der Waals surface area contributed by atoms with Crippen molar-refractivity contribution in [1.29, 1.82) is 0 Å². The van der Waals surface area contributed by atoms with Crippen molar-refractivity contribution in [2.24, 2.45) is 0 Å². The number of carbonyl (C=O) groups excluding carboxylic acids is 1. The predicted octanol–water partition coefficient (Wildman–Crippen LogP) is 3.89. The van der Waals surface area contributed by atoms with E-state index in [0.717, 1.165) is 44.7 Å². The van der Waals surface area contributed by atoms with Crippen molar-refractivity contribution < 1.29 is 4.79 Å². The molecule has 0 saturated carbocycles. The molecule has 1 aromatic carbocycles. The lowest BCUT2D eigenvalue weighted by Gasteiger charge is -2.26. The molecule has 0 bridgehead atoms. The highest BCUT2D eigenvalue weighted by molar-refractivity contribution is 7.19. The van der Waals surface area contributed by atoms with Gasteiger partial charge in [0.25, 0.3) is 0 Å². The average molecular weight is 511 g/mol. The molecular formula is C27H26N8OS. The van der Waals surface area contributed by atoms with Crippen molar-refractivity contribution in [2.45, 2.75) is 19.5 Å². The number of carbonyl (C=O) groups is 1. The number of hydrogen-bond donors (Lipinski definition) is 2. The monoisotopic (exact) mass is 510 g/mol. The Labute approximate surface area is 217 Å². The topological polar surface area (TPSA) is 101 Å². The Kier molecular flexibility index (Phi) is 6.33. The van der Waals surface area contributed by atoms with E-state index in [4.69, 9.17) is 0 Å². The molecule has 37 heavy (non-hydrogen) atoms. The summed E-state index contributed by atoms with van der Waals surface area (Å²) in [4.78, 5) is 30.1. The van der Waals surface area contributed by atoms with Gasteiger partial charge in [0.05, 0.1) is 35.9 Å². The minimum atomic E-state index is 0.0414. The zero-order chi connectivity index (χ0) is 25.2. The molecular weight excluding hydrogens is 484 g/mol. The van der Waals surface area contributed by atoms with Crippen molar-refractivity contribution in [3.05, 3.63) is 83.4 Å². The maximum absolute atomic E-state index is 12.6. The van der Waals surface area contributed by atoms with E-state index < -0.39 is 0 Å². The van der Waals surface area contributed by atoms with E-state index in [-0.39, 0.29) is 5.91 Å². The number of amides is 1. The van der Waals surface area contributed by atoms with Gasteiger partial charge in [-0.2, -0.15) is 5.10 Å². The number of anilines is 2. The summed E-state index contributed by atoms with van der Waals surface area (Å²) in [6, 6.07) is 12.1. The smallest absolute Gasteiger partial charge is 0.246 e. The normalized spacial score (nSPS) is 13.5. The number of rotatable bonds is 7. The molecule has 5 aromatic rings. The highest BCUT2D eigenvalue weighted by Gasteiger charge is 2.25. The summed E-state index contributed by atoms with van der Waals surface area (Å²) in [5.74, 6) is 0.830. The third-order valence-electron chi connectivity index (χ3n) is 6.47. The van der Waals surface area contributed by atoms with Gasteiger partial charge in [0.15, 0.2) is 0 Å². The quantitative estimate of drug-likeness (QED) is 0.320. The molecule has 10 heteroatoms. The third kappa shape index (κ3) is 4.68. The lowest BCUT2D eigenvalue weighted by Crippen LogP contribution is -2.34. The number of pyridine rings is 1. The molecule has 9 nitrogen and oxygen atoms in total. The molecule has 0 unspecified atom stereocenters. The summed E-state index contributed by atoms with van der Waals surface area (Å²) in [7, 11) is 1.86. The molecule has 5 heterocycles. The fraction of sp³-hybridized carbons (Fsp3) is 0.222. The van der Waals surface area contributed by atoms with Crippen LogP contribution < -0.4 is 10.6 Å². The number of nitrogens with one attached hydrogen (secondary N) is 2. The molecule has 1 aliphatic rings. The first kappa shape index (κ1) is 23.3. The number of benzene rings is 1. The Morgan fingerprint density at radius 1 is 1.19 bits per heavy atom. The fourth-order valence-corrected chi connectivity index (χ4v) is 5.87. The van der Waals surface area contributed by atoms with E-state index in [9.17, 15) is 4.79 Å². The zero-order valence-electron chi connectivity index (χ0n) is 20.4. The summed E-state index contributed by atoms with van der Waals surface area (Å²) in [5.41, 5.74) is 4.18. The molecule has 2 N–H and O–H groups in total. The van der Waals surface area contributed by atoms with Crippen LogP contribution in [0.25, 0.3) is 21.1 Å². The number of aromatic nitrogens is 5. The second-order valence-corrected chi connectivity index (χ2v) is 9.98. The summed E-state index contributed by atoms with van der Waals surface area (Å²) in [5, 5.41) is 13.2. The van der Waals surface area contributed by atoms with Gasteiger partial charge in [0.1, 0.15) is 17.0 Å². The van der Waals surface area contributed by atoms with Gasteiger partial charge in [-0.15, -0.1) is 11.3 Å². The Hall–Kier alpha value is -4.15. The zero-order valence-corrected chi connectivity index (χ0v) is 21.2. The lowest BCUT2D eigenvalue weighted by molar-refractivity contribution is -0.126. The molecule has 0 fully saturated rings. The Bertz CT molecular complexity index is 1610. The number of nitrogens with zero attached hydrogens (tertiary/aromatic N) is 6. The number of likely N-dealkylation sites (N-methyl/N-ethyl adjacent to an activating group) is 1. The Morgan fingerprint density at radius 3 is 3.00 bits per heavy atom.